The molecule has 0 N–H and O–H groups in total. The molecule has 2 atom stereocenters. The fourth-order valence-electron chi connectivity index (χ4n) is 1.33. The minimum atomic E-state index is -0.00343. The molecular formula is C8H11BrO2. The van der Waals surface area contributed by atoms with Crippen LogP contribution in [0.2, 0.25) is 0 Å². The van der Waals surface area contributed by atoms with Crippen LogP contribution in [-0.4, -0.2) is 16.4 Å². The van der Waals surface area contributed by atoms with Crippen LogP contribution in [0.3, 0.4) is 0 Å². The second-order valence-electron chi connectivity index (χ2n) is 3.02. The minimum Gasteiger partial charge on any atom is -0.300 e. The average molecular weight is 219 g/mol. The van der Waals surface area contributed by atoms with Gasteiger partial charge in [0.2, 0.25) is 0 Å². The summed E-state index contributed by atoms with van der Waals surface area (Å²) in [5.41, 5.74) is 0. The van der Waals surface area contributed by atoms with E-state index in [1.54, 1.807) is 6.92 Å². The van der Waals surface area contributed by atoms with Crippen molar-refractivity contribution in [3.8, 4) is 0 Å². The first-order chi connectivity index (χ1) is 5.11. The predicted octanol–water partition coefficient (Wildman–Crippen LogP) is 1.71. The summed E-state index contributed by atoms with van der Waals surface area (Å²) in [6, 6.07) is 0. The summed E-state index contributed by atoms with van der Waals surface area (Å²) in [6.07, 6.45) is 2.10. The second-order valence-corrected chi connectivity index (χ2v) is 4.13. The highest BCUT2D eigenvalue weighted by atomic mass is 79.9. The molecule has 0 aromatic carbocycles. The third-order valence-electron chi connectivity index (χ3n) is 2.14. The van der Waals surface area contributed by atoms with Crippen LogP contribution in [0.25, 0.3) is 0 Å². The molecular weight excluding hydrogens is 208 g/mol. The van der Waals surface area contributed by atoms with Crippen molar-refractivity contribution in [1.82, 2.24) is 0 Å². The van der Waals surface area contributed by atoms with E-state index < -0.39 is 0 Å². The lowest BCUT2D eigenvalue weighted by Crippen LogP contribution is -2.28. The molecule has 0 aromatic heterocycles. The Hall–Kier alpha value is -0.180. The fourth-order valence-corrected chi connectivity index (χ4v) is 1.78. The first-order valence-corrected chi connectivity index (χ1v) is 4.70. The summed E-state index contributed by atoms with van der Waals surface area (Å²) >= 11 is 3.27. The third kappa shape index (κ3) is 2.12. The highest BCUT2D eigenvalue weighted by Crippen LogP contribution is 2.26. The van der Waals surface area contributed by atoms with Crippen molar-refractivity contribution < 1.29 is 9.59 Å². The summed E-state index contributed by atoms with van der Waals surface area (Å²) in [7, 11) is 0. The van der Waals surface area contributed by atoms with E-state index in [-0.39, 0.29) is 22.3 Å². The predicted molar refractivity (Wildman–Crippen MR) is 45.7 cm³/mol. The largest absolute Gasteiger partial charge is 0.300 e. The van der Waals surface area contributed by atoms with E-state index in [1.165, 1.54) is 0 Å². The van der Waals surface area contributed by atoms with E-state index in [2.05, 4.69) is 15.9 Å². The van der Waals surface area contributed by atoms with Gasteiger partial charge in [0.15, 0.2) is 0 Å². The van der Waals surface area contributed by atoms with Gasteiger partial charge in [-0.2, -0.15) is 0 Å². The molecule has 0 bridgehead atoms. The maximum absolute atomic E-state index is 11.1. The van der Waals surface area contributed by atoms with E-state index in [1.807, 2.05) is 0 Å². The van der Waals surface area contributed by atoms with E-state index in [0.717, 1.165) is 12.8 Å². The Balaban J connectivity index is 2.53. The van der Waals surface area contributed by atoms with E-state index in [9.17, 15) is 9.59 Å². The first-order valence-electron chi connectivity index (χ1n) is 3.78. The highest BCUT2D eigenvalue weighted by molar-refractivity contribution is 9.10. The number of Topliss-reactive ketones (excluding diaryl/α,β-unsaturated/α-hetero) is 2. The number of hydrogen-bond donors (Lipinski definition) is 0. The average Bonchev–Trinajstić information content (AvgIpc) is 1.94. The molecule has 11 heavy (non-hydrogen) atoms. The van der Waals surface area contributed by atoms with Crippen LogP contribution < -0.4 is 0 Å². The van der Waals surface area contributed by atoms with Crippen LogP contribution in [-0.2, 0) is 9.59 Å². The molecule has 1 aliphatic rings. The molecule has 1 aliphatic carbocycles. The maximum Gasteiger partial charge on any atom is 0.147 e. The molecule has 1 rings (SSSR count). The van der Waals surface area contributed by atoms with Crippen molar-refractivity contribution in [2.75, 3.05) is 0 Å². The lowest BCUT2D eigenvalue weighted by molar-refractivity contribution is -0.128. The van der Waals surface area contributed by atoms with Gasteiger partial charge in [-0.1, -0.05) is 15.9 Å². The summed E-state index contributed by atoms with van der Waals surface area (Å²) in [4.78, 5) is 22.0. The molecule has 0 aliphatic heterocycles. The van der Waals surface area contributed by atoms with Crippen LogP contribution in [0.5, 0.6) is 0 Å². The van der Waals surface area contributed by atoms with Crippen molar-refractivity contribution in [3.05, 3.63) is 0 Å². The van der Waals surface area contributed by atoms with E-state index in [4.69, 9.17) is 0 Å². The van der Waals surface area contributed by atoms with Gasteiger partial charge >= 0.3 is 0 Å². The SMILES string of the molecule is CC(=O)C1CCC(Br)C(=O)C1. The number of rotatable bonds is 1. The Bertz CT molecular complexity index is 189. The van der Waals surface area contributed by atoms with Crippen molar-refractivity contribution >= 4 is 27.5 Å². The highest BCUT2D eigenvalue weighted by Gasteiger charge is 2.28. The molecule has 0 saturated heterocycles. The van der Waals surface area contributed by atoms with Gasteiger partial charge in [0.1, 0.15) is 11.6 Å². The maximum atomic E-state index is 11.1. The summed E-state index contributed by atoms with van der Waals surface area (Å²) in [5.74, 6) is 0.325. The van der Waals surface area contributed by atoms with Gasteiger partial charge in [-0.25, -0.2) is 0 Å². The molecule has 62 valence electrons. The number of halogens is 1. The molecule has 0 radical (unpaired) electrons. The van der Waals surface area contributed by atoms with Crippen LogP contribution in [0, 0.1) is 5.92 Å². The molecule has 0 aromatic rings. The summed E-state index contributed by atoms with van der Waals surface area (Å²) < 4.78 is 0. The zero-order valence-corrected chi connectivity index (χ0v) is 8.06. The molecule has 1 fully saturated rings. The Kier molecular flexibility index (Phi) is 2.82. The van der Waals surface area contributed by atoms with Gasteiger partial charge in [-0.3, -0.25) is 9.59 Å². The lowest BCUT2D eigenvalue weighted by atomic mass is 9.86. The zero-order valence-electron chi connectivity index (χ0n) is 6.47. The third-order valence-corrected chi connectivity index (χ3v) is 3.11. The summed E-state index contributed by atoms with van der Waals surface area (Å²) in [6.45, 7) is 1.56. The van der Waals surface area contributed by atoms with Gasteiger partial charge in [-0.05, 0) is 19.8 Å². The van der Waals surface area contributed by atoms with Gasteiger partial charge < -0.3 is 0 Å². The molecule has 0 spiro atoms. The summed E-state index contributed by atoms with van der Waals surface area (Å²) in [5, 5.41) is 0. The van der Waals surface area contributed by atoms with Gasteiger partial charge in [0, 0.05) is 12.3 Å². The quantitative estimate of drug-likeness (QED) is 0.629. The van der Waals surface area contributed by atoms with Crippen molar-refractivity contribution in [1.29, 1.82) is 0 Å². The second kappa shape index (κ2) is 3.48. The Labute approximate surface area is 74.5 Å². The first kappa shape index (κ1) is 8.91. The van der Waals surface area contributed by atoms with E-state index in [0.29, 0.717) is 6.42 Å². The standard InChI is InChI=1S/C8H11BrO2/c1-5(10)6-2-3-7(9)8(11)4-6/h6-7H,2-4H2,1H3. The Morgan fingerprint density at radius 3 is 2.64 bits per heavy atom. The molecule has 0 amide bonds. The number of carbonyl (C=O) groups excluding carboxylic acids is 2. The van der Waals surface area contributed by atoms with Crippen LogP contribution in [0.1, 0.15) is 26.2 Å². The van der Waals surface area contributed by atoms with Gasteiger partial charge in [0.25, 0.3) is 0 Å². The van der Waals surface area contributed by atoms with E-state index >= 15 is 0 Å². The van der Waals surface area contributed by atoms with Crippen LogP contribution in [0.15, 0.2) is 0 Å². The fraction of sp³-hybridized carbons (Fsp3) is 0.750. The van der Waals surface area contributed by atoms with Gasteiger partial charge in [0.05, 0.1) is 4.83 Å². The Morgan fingerprint density at radius 1 is 1.55 bits per heavy atom. The molecule has 0 heterocycles. The lowest BCUT2D eigenvalue weighted by Gasteiger charge is -2.21. The van der Waals surface area contributed by atoms with Crippen molar-refractivity contribution in [3.63, 3.8) is 0 Å². The molecule has 3 heteroatoms. The normalized spacial score (nSPS) is 32.0. The number of ketones is 2. The number of carbonyl (C=O) groups is 2. The monoisotopic (exact) mass is 218 g/mol. The van der Waals surface area contributed by atoms with Crippen LogP contribution in [0.4, 0.5) is 0 Å². The molecule has 2 unspecified atom stereocenters. The molecule has 1 saturated carbocycles. The number of hydrogen-bond acceptors (Lipinski definition) is 2. The number of alkyl halides is 1. The minimum absolute atomic E-state index is 0.00176. The van der Waals surface area contributed by atoms with Gasteiger partial charge in [-0.15, -0.1) is 0 Å². The van der Waals surface area contributed by atoms with Crippen molar-refractivity contribution in [2.24, 2.45) is 5.92 Å². The smallest absolute Gasteiger partial charge is 0.147 e. The topological polar surface area (TPSA) is 34.1 Å². The van der Waals surface area contributed by atoms with Crippen molar-refractivity contribution in [2.45, 2.75) is 31.0 Å². The Morgan fingerprint density at radius 2 is 2.18 bits per heavy atom. The molecule has 2 nitrogen and oxygen atoms in total. The zero-order chi connectivity index (χ0) is 8.43. The van der Waals surface area contributed by atoms with Crippen LogP contribution >= 0.6 is 15.9 Å².